The summed E-state index contributed by atoms with van der Waals surface area (Å²) in [5.74, 6) is -2.67. The van der Waals surface area contributed by atoms with Crippen molar-refractivity contribution in [2.45, 2.75) is 58.8 Å². The van der Waals surface area contributed by atoms with E-state index in [-0.39, 0.29) is 25.2 Å². The second kappa shape index (κ2) is 14.4. The summed E-state index contributed by atoms with van der Waals surface area (Å²) in [5.41, 5.74) is 1.59. The molecule has 0 bridgehead atoms. The molecule has 0 aliphatic rings. The minimum atomic E-state index is -4.39. The van der Waals surface area contributed by atoms with Crippen LogP contribution in [0.4, 0.5) is 4.39 Å². The van der Waals surface area contributed by atoms with Crippen LogP contribution in [0.3, 0.4) is 0 Å². The summed E-state index contributed by atoms with van der Waals surface area (Å²) < 4.78 is 35.9. The van der Waals surface area contributed by atoms with Crippen LogP contribution in [0.25, 0.3) is 11.1 Å². The normalized spacial score (nSPS) is 13.1. The number of benzene rings is 2. The van der Waals surface area contributed by atoms with E-state index in [2.05, 4.69) is 5.32 Å². The third-order valence-electron chi connectivity index (χ3n) is 5.41. The molecule has 2 rings (SSSR count). The zero-order valence-electron chi connectivity index (χ0n) is 21.4. The van der Waals surface area contributed by atoms with Crippen LogP contribution in [-0.2, 0) is 34.8 Å². The van der Waals surface area contributed by atoms with Crippen LogP contribution in [0, 0.1) is 11.7 Å². The van der Waals surface area contributed by atoms with Crippen molar-refractivity contribution in [2.24, 2.45) is 5.92 Å². The molecule has 2 aromatic carbocycles. The minimum Gasteiger partial charge on any atom is -0.425 e. The van der Waals surface area contributed by atoms with E-state index in [1.165, 1.54) is 18.2 Å². The molecule has 2 unspecified atom stereocenters. The topological polar surface area (TPSA) is 139 Å². The number of esters is 2. The van der Waals surface area contributed by atoms with Crippen molar-refractivity contribution in [3.8, 4) is 11.1 Å². The van der Waals surface area contributed by atoms with E-state index >= 15 is 0 Å². The van der Waals surface area contributed by atoms with Gasteiger partial charge in [-0.3, -0.25) is 18.9 Å². The van der Waals surface area contributed by atoms with Gasteiger partial charge in [0.15, 0.2) is 0 Å². The lowest BCUT2D eigenvalue weighted by Gasteiger charge is -2.23. The Hall–Kier alpha value is -2.78. The smallest absolute Gasteiger partial charge is 0.326 e. The second-order valence-electron chi connectivity index (χ2n) is 9.08. The number of hydrogen-bond acceptors (Lipinski definition) is 6. The largest absolute Gasteiger partial charge is 0.425 e. The van der Waals surface area contributed by atoms with Gasteiger partial charge in [0.2, 0.25) is 12.2 Å². The summed E-state index contributed by atoms with van der Waals surface area (Å²) in [6.45, 7) is 5.04. The van der Waals surface area contributed by atoms with Crippen molar-refractivity contribution in [1.29, 1.82) is 0 Å². The van der Waals surface area contributed by atoms with Crippen LogP contribution in [0.5, 0.6) is 0 Å². The highest BCUT2D eigenvalue weighted by atomic mass is 35.5. The number of halogens is 2. The van der Waals surface area contributed by atoms with E-state index in [4.69, 9.17) is 30.9 Å². The van der Waals surface area contributed by atoms with Crippen LogP contribution in [0.1, 0.15) is 45.6 Å². The number of ether oxygens (including phenoxy) is 2. The Morgan fingerprint density at radius 2 is 1.68 bits per heavy atom. The van der Waals surface area contributed by atoms with E-state index in [1.807, 2.05) is 0 Å². The Kier molecular flexibility index (Phi) is 11.9. The van der Waals surface area contributed by atoms with Gasteiger partial charge in [-0.05, 0) is 35.7 Å². The Morgan fingerprint density at radius 3 is 2.26 bits per heavy atom. The lowest BCUT2D eigenvalue weighted by Crippen LogP contribution is -2.40. The SMILES string of the molecule is CCC(=O)OC(OC(=O)CC(Cc1ccc(-c2cc(Cl)ccc2F)cc1)NC(=O)CCP(=O)(O)O)C(C)C. The summed E-state index contributed by atoms with van der Waals surface area (Å²) in [7, 11) is -4.39. The molecule has 0 saturated carbocycles. The first kappa shape index (κ1) is 31.4. The molecule has 0 radical (unpaired) electrons. The van der Waals surface area contributed by atoms with Crippen LogP contribution in [-0.4, -0.2) is 46.1 Å². The predicted octanol–water partition coefficient (Wildman–Crippen LogP) is 4.61. The molecule has 0 aliphatic carbocycles. The molecule has 0 heterocycles. The summed E-state index contributed by atoms with van der Waals surface area (Å²) >= 11 is 5.98. The first-order valence-corrected chi connectivity index (χ1v) is 14.2. The Labute approximate surface area is 225 Å². The van der Waals surface area contributed by atoms with Crippen molar-refractivity contribution in [3.63, 3.8) is 0 Å². The molecule has 9 nitrogen and oxygen atoms in total. The van der Waals surface area contributed by atoms with Gasteiger partial charge >= 0.3 is 19.5 Å². The van der Waals surface area contributed by atoms with Crippen molar-refractivity contribution in [2.75, 3.05) is 6.16 Å². The number of rotatable bonds is 13. The van der Waals surface area contributed by atoms with Crippen LogP contribution in [0.2, 0.25) is 5.02 Å². The molecule has 2 aromatic rings. The maximum atomic E-state index is 14.2. The number of carbonyl (C=O) groups is 3. The number of hydrogen-bond donors (Lipinski definition) is 3. The van der Waals surface area contributed by atoms with E-state index in [1.54, 1.807) is 45.0 Å². The molecular weight excluding hydrogens is 540 g/mol. The predicted molar refractivity (Wildman–Crippen MR) is 140 cm³/mol. The zero-order chi connectivity index (χ0) is 28.5. The second-order valence-corrected chi connectivity index (χ2v) is 11.3. The van der Waals surface area contributed by atoms with E-state index in [9.17, 15) is 23.3 Å². The van der Waals surface area contributed by atoms with Gasteiger partial charge in [0.1, 0.15) is 5.82 Å². The summed E-state index contributed by atoms with van der Waals surface area (Å²) in [4.78, 5) is 54.9. The zero-order valence-corrected chi connectivity index (χ0v) is 23.0. The van der Waals surface area contributed by atoms with Gasteiger partial charge in [0, 0.05) is 35.4 Å². The summed E-state index contributed by atoms with van der Waals surface area (Å²) in [5, 5.41) is 3.00. The van der Waals surface area contributed by atoms with Gasteiger partial charge in [-0.15, -0.1) is 0 Å². The third kappa shape index (κ3) is 10.9. The van der Waals surface area contributed by atoms with Crippen LogP contribution in [0.15, 0.2) is 42.5 Å². The molecule has 1 amide bonds. The first-order chi connectivity index (χ1) is 17.8. The minimum absolute atomic E-state index is 0.105. The van der Waals surface area contributed by atoms with Gasteiger partial charge < -0.3 is 24.6 Å². The average Bonchev–Trinajstić information content (AvgIpc) is 2.83. The Morgan fingerprint density at radius 1 is 1.05 bits per heavy atom. The third-order valence-corrected chi connectivity index (χ3v) is 6.45. The lowest BCUT2D eigenvalue weighted by molar-refractivity contribution is -0.195. The highest BCUT2D eigenvalue weighted by Crippen LogP contribution is 2.34. The molecule has 0 saturated heterocycles. The summed E-state index contributed by atoms with van der Waals surface area (Å²) in [6.07, 6.45) is -2.21. The fourth-order valence-corrected chi connectivity index (χ4v) is 4.10. The van der Waals surface area contributed by atoms with Crippen LogP contribution >= 0.6 is 19.2 Å². The molecule has 0 aliphatic heterocycles. The van der Waals surface area contributed by atoms with E-state index in [0.29, 0.717) is 21.7 Å². The molecule has 2 atom stereocenters. The number of carbonyl (C=O) groups excluding carboxylic acids is 3. The molecule has 0 spiro atoms. The van der Waals surface area contributed by atoms with Gasteiger partial charge in [0.05, 0.1) is 12.6 Å². The van der Waals surface area contributed by atoms with Crippen molar-refractivity contribution in [1.82, 2.24) is 5.32 Å². The molecule has 12 heteroatoms. The van der Waals surface area contributed by atoms with Gasteiger partial charge in [0.25, 0.3) is 0 Å². The molecule has 0 aromatic heterocycles. The fraction of sp³-hybridized carbons (Fsp3) is 0.423. The molecule has 3 N–H and O–H groups in total. The Balaban J connectivity index is 2.17. The van der Waals surface area contributed by atoms with E-state index in [0.717, 1.165) is 0 Å². The average molecular weight is 572 g/mol. The highest BCUT2D eigenvalue weighted by Gasteiger charge is 2.26. The van der Waals surface area contributed by atoms with Crippen LogP contribution < -0.4 is 5.32 Å². The summed E-state index contributed by atoms with van der Waals surface area (Å²) in [6, 6.07) is 10.2. The molecule has 0 fully saturated rings. The lowest BCUT2D eigenvalue weighted by atomic mass is 9.99. The maximum Gasteiger partial charge on any atom is 0.326 e. The number of nitrogens with one attached hydrogen (secondary N) is 1. The molecule has 208 valence electrons. The number of amides is 1. The molecular formula is C26H32ClFNO8P. The standard InChI is InChI=1S/C26H32ClFNO8P/c1-4-24(31)36-26(16(2)3)37-25(32)15-20(29-23(30)11-12-38(33,34)35)13-17-5-7-18(8-6-17)21-14-19(27)9-10-22(21)28/h5-10,14,16,20,26H,4,11-13,15H2,1-3H3,(H,29,30)(H2,33,34,35). The fourth-order valence-electron chi connectivity index (χ4n) is 3.43. The Bertz CT molecular complexity index is 1170. The first-order valence-electron chi connectivity index (χ1n) is 12.0. The highest BCUT2D eigenvalue weighted by molar-refractivity contribution is 7.51. The van der Waals surface area contributed by atoms with Gasteiger partial charge in [-0.2, -0.15) is 0 Å². The quantitative estimate of drug-likeness (QED) is 0.180. The van der Waals surface area contributed by atoms with E-state index < -0.39 is 56.2 Å². The van der Waals surface area contributed by atoms with Crippen molar-refractivity contribution in [3.05, 3.63) is 58.9 Å². The maximum absolute atomic E-state index is 14.2. The monoisotopic (exact) mass is 571 g/mol. The molecule has 38 heavy (non-hydrogen) atoms. The van der Waals surface area contributed by atoms with Crippen molar-refractivity contribution < 1.29 is 42.6 Å². The van der Waals surface area contributed by atoms with Crippen molar-refractivity contribution >= 4 is 37.0 Å². The van der Waals surface area contributed by atoms with Gasteiger partial charge in [-0.25, -0.2) is 4.39 Å². The van der Waals surface area contributed by atoms with Gasteiger partial charge in [-0.1, -0.05) is 56.6 Å².